The average molecular weight is 260 g/mol. The summed E-state index contributed by atoms with van der Waals surface area (Å²) in [5.74, 6) is 0.859. The summed E-state index contributed by atoms with van der Waals surface area (Å²) in [6, 6.07) is 0.669. The van der Waals surface area contributed by atoms with E-state index in [1.54, 1.807) is 4.31 Å². The predicted octanol–water partition coefficient (Wildman–Crippen LogP) is 1.19. The average Bonchev–Trinajstić information content (AvgIpc) is 3.08. The lowest BCUT2D eigenvalue weighted by molar-refractivity contribution is 0.341. The third-order valence-electron chi connectivity index (χ3n) is 3.44. The molecule has 4 nitrogen and oxygen atoms in total. The van der Waals surface area contributed by atoms with E-state index in [0.29, 0.717) is 18.5 Å². The Bertz CT molecular complexity index is 346. The Morgan fingerprint density at radius 2 is 1.88 bits per heavy atom. The highest BCUT2D eigenvalue weighted by molar-refractivity contribution is 7.89. The highest BCUT2D eigenvalue weighted by atomic mass is 32.2. The molecule has 17 heavy (non-hydrogen) atoms. The van der Waals surface area contributed by atoms with Gasteiger partial charge in [-0.1, -0.05) is 0 Å². The normalized spacial score (nSPS) is 21.4. The molecule has 0 amide bonds. The third-order valence-corrected chi connectivity index (χ3v) is 5.44. The van der Waals surface area contributed by atoms with E-state index < -0.39 is 10.0 Å². The highest BCUT2D eigenvalue weighted by Gasteiger charge is 2.32. The first-order valence-electron chi connectivity index (χ1n) is 6.72. The zero-order chi connectivity index (χ0) is 12.5. The van der Waals surface area contributed by atoms with Crippen LogP contribution in [0.3, 0.4) is 0 Å². The first-order chi connectivity index (χ1) is 7.99. The van der Waals surface area contributed by atoms with E-state index in [9.17, 15) is 8.42 Å². The second-order valence-electron chi connectivity index (χ2n) is 5.65. The number of hydrogen-bond acceptors (Lipinski definition) is 3. The maximum Gasteiger partial charge on any atom is 0.215 e. The molecule has 0 aromatic carbocycles. The quantitative estimate of drug-likeness (QED) is 0.713. The SMILES string of the molecule is CC(C)N(CC1CC1)S(=O)(=O)CCNC1CC1. The van der Waals surface area contributed by atoms with E-state index >= 15 is 0 Å². The summed E-state index contributed by atoms with van der Waals surface area (Å²) >= 11 is 0. The Balaban J connectivity index is 1.84. The maximum absolute atomic E-state index is 12.2. The molecule has 2 saturated carbocycles. The van der Waals surface area contributed by atoms with Crippen LogP contribution in [-0.4, -0.2) is 43.6 Å². The number of nitrogens with zero attached hydrogens (tertiary/aromatic N) is 1. The Labute approximate surface area is 105 Å². The van der Waals surface area contributed by atoms with Crippen LogP contribution < -0.4 is 5.32 Å². The molecule has 0 aromatic heterocycles. The van der Waals surface area contributed by atoms with E-state index in [1.807, 2.05) is 13.8 Å². The molecule has 0 unspecified atom stereocenters. The van der Waals surface area contributed by atoms with Gasteiger partial charge >= 0.3 is 0 Å². The molecule has 0 heterocycles. The van der Waals surface area contributed by atoms with Gasteiger partial charge in [-0.25, -0.2) is 8.42 Å². The first-order valence-corrected chi connectivity index (χ1v) is 8.33. The molecule has 0 saturated heterocycles. The molecule has 2 fully saturated rings. The Morgan fingerprint density at radius 1 is 1.24 bits per heavy atom. The molecular weight excluding hydrogens is 236 g/mol. The molecule has 0 bridgehead atoms. The molecule has 2 rings (SSSR count). The van der Waals surface area contributed by atoms with E-state index in [1.165, 1.54) is 25.7 Å². The molecule has 0 radical (unpaired) electrons. The molecule has 5 heteroatoms. The topological polar surface area (TPSA) is 49.4 Å². The van der Waals surface area contributed by atoms with Gasteiger partial charge in [0, 0.05) is 25.2 Å². The lowest BCUT2D eigenvalue weighted by atomic mass is 10.3. The van der Waals surface area contributed by atoms with Crippen molar-refractivity contribution in [2.75, 3.05) is 18.8 Å². The summed E-state index contributed by atoms with van der Waals surface area (Å²) in [5, 5.41) is 3.27. The fourth-order valence-corrected chi connectivity index (χ4v) is 3.69. The van der Waals surface area contributed by atoms with Crippen LogP contribution in [0.4, 0.5) is 0 Å². The Morgan fingerprint density at radius 3 is 2.35 bits per heavy atom. The van der Waals surface area contributed by atoms with Crippen LogP contribution in [0.5, 0.6) is 0 Å². The lowest BCUT2D eigenvalue weighted by Crippen LogP contribution is -2.42. The molecule has 0 atom stereocenters. The van der Waals surface area contributed by atoms with Gasteiger partial charge in [-0.3, -0.25) is 0 Å². The Kier molecular flexibility index (Phi) is 4.10. The summed E-state index contributed by atoms with van der Waals surface area (Å²) < 4.78 is 26.1. The monoisotopic (exact) mass is 260 g/mol. The molecule has 0 spiro atoms. The van der Waals surface area contributed by atoms with Crippen LogP contribution in [0.15, 0.2) is 0 Å². The van der Waals surface area contributed by atoms with E-state index in [0.717, 1.165) is 6.54 Å². The molecule has 100 valence electrons. The largest absolute Gasteiger partial charge is 0.313 e. The minimum absolute atomic E-state index is 0.0847. The zero-order valence-corrected chi connectivity index (χ0v) is 11.7. The van der Waals surface area contributed by atoms with Crippen molar-refractivity contribution in [1.82, 2.24) is 9.62 Å². The van der Waals surface area contributed by atoms with Crippen molar-refractivity contribution in [3.63, 3.8) is 0 Å². The third kappa shape index (κ3) is 4.23. The minimum atomic E-state index is -3.07. The molecule has 2 aliphatic rings. The van der Waals surface area contributed by atoms with Crippen molar-refractivity contribution in [2.45, 2.75) is 51.6 Å². The van der Waals surface area contributed by atoms with Crippen LogP contribution in [0.1, 0.15) is 39.5 Å². The number of nitrogens with one attached hydrogen (secondary N) is 1. The predicted molar refractivity (Wildman–Crippen MR) is 69.4 cm³/mol. The summed E-state index contributed by atoms with van der Waals surface area (Å²) in [4.78, 5) is 0. The van der Waals surface area contributed by atoms with E-state index in [-0.39, 0.29) is 11.8 Å². The van der Waals surface area contributed by atoms with Crippen molar-refractivity contribution in [3.8, 4) is 0 Å². The van der Waals surface area contributed by atoms with Gasteiger partial charge < -0.3 is 5.32 Å². The van der Waals surface area contributed by atoms with Crippen LogP contribution in [0, 0.1) is 5.92 Å². The van der Waals surface area contributed by atoms with Gasteiger partial charge in [-0.05, 0) is 45.4 Å². The molecular formula is C12H24N2O2S. The number of sulfonamides is 1. The highest BCUT2D eigenvalue weighted by Crippen LogP contribution is 2.31. The van der Waals surface area contributed by atoms with Crippen molar-refractivity contribution >= 4 is 10.0 Å². The van der Waals surface area contributed by atoms with Gasteiger partial charge in [0.2, 0.25) is 10.0 Å². The number of rotatable bonds is 8. The van der Waals surface area contributed by atoms with Gasteiger partial charge in [0.05, 0.1) is 5.75 Å². The second kappa shape index (κ2) is 5.24. The van der Waals surface area contributed by atoms with E-state index in [4.69, 9.17) is 0 Å². The number of hydrogen-bond donors (Lipinski definition) is 1. The van der Waals surface area contributed by atoms with Gasteiger partial charge in [-0.15, -0.1) is 0 Å². The van der Waals surface area contributed by atoms with Crippen molar-refractivity contribution < 1.29 is 8.42 Å². The fourth-order valence-electron chi connectivity index (χ4n) is 2.00. The van der Waals surface area contributed by atoms with Crippen molar-refractivity contribution in [2.24, 2.45) is 5.92 Å². The van der Waals surface area contributed by atoms with Crippen LogP contribution in [0.25, 0.3) is 0 Å². The molecule has 0 aliphatic heterocycles. The first kappa shape index (κ1) is 13.3. The lowest BCUT2D eigenvalue weighted by Gasteiger charge is -2.26. The maximum atomic E-state index is 12.2. The molecule has 0 aromatic rings. The van der Waals surface area contributed by atoms with Gasteiger partial charge in [0.25, 0.3) is 0 Å². The summed E-state index contributed by atoms with van der Waals surface area (Å²) in [6.07, 6.45) is 4.80. The smallest absolute Gasteiger partial charge is 0.215 e. The van der Waals surface area contributed by atoms with Gasteiger partial charge in [0.1, 0.15) is 0 Å². The van der Waals surface area contributed by atoms with E-state index in [2.05, 4.69) is 5.32 Å². The Hall–Kier alpha value is -0.130. The summed E-state index contributed by atoms with van der Waals surface area (Å²) in [7, 11) is -3.07. The van der Waals surface area contributed by atoms with Gasteiger partial charge in [-0.2, -0.15) is 4.31 Å². The van der Waals surface area contributed by atoms with Gasteiger partial charge in [0.15, 0.2) is 0 Å². The van der Waals surface area contributed by atoms with Crippen LogP contribution >= 0.6 is 0 Å². The molecule has 1 N–H and O–H groups in total. The van der Waals surface area contributed by atoms with Crippen molar-refractivity contribution in [1.29, 1.82) is 0 Å². The zero-order valence-electron chi connectivity index (χ0n) is 10.9. The summed E-state index contributed by atoms with van der Waals surface area (Å²) in [6.45, 7) is 5.26. The molecule has 2 aliphatic carbocycles. The standard InChI is InChI=1S/C12H24N2O2S/c1-10(2)14(9-11-3-4-11)17(15,16)8-7-13-12-5-6-12/h10-13H,3-9H2,1-2H3. The van der Waals surface area contributed by atoms with Crippen LogP contribution in [0.2, 0.25) is 0 Å². The summed E-state index contributed by atoms with van der Waals surface area (Å²) in [5.41, 5.74) is 0. The van der Waals surface area contributed by atoms with Crippen molar-refractivity contribution in [3.05, 3.63) is 0 Å². The van der Waals surface area contributed by atoms with Crippen LogP contribution in [-0.2, 0) is 10.0 Å². The minimum Gasteiger partial charge on any atom is -0.313 e. The fraction of sp³-hybridized carbons (Fsp3) is 1.00. The second-order valence-corrected chi connectivity index (χ2v) is 7.69.